The molecule has 2 rings (SSSR count). The third-order valence-corrected chi connectivity index (χ3v) is 2.78. The van der Waals surface area contributed by atoms with Crippen molar-refractivity contribution in [3.63, 3.8) is 0 Å². The average Bonchev–Trinajstić information content (AvgIpc) is 2.96. The van der Waals surface area contributed by atoms with E-state index in [9.17, 15) is 9.59 Å². The van der Waals surface area contributed by atoms with Crippen LogP contribution in [0.5, 0.6) is 0 Å². The number of aryl methyl sites for hydroxylation is 1. The number of carboxylic acids is 1. The number of carbonyl (C=O) groups excluding carboxylic acids is 1. The van der Waals surface area contributed by atoms with Crippen molar-refractivity contribution >= 4 is 11.9 Å². The number of H-pyrrole nitrogens is 1. The Bertz CT molecular complexity index is 458. The SMILES string of the molecule is CCc1nc(C(=O)NC2COCC2C(=O)O)n[nH]1. The van der Waals surface area contributed by atoms with Gasteiger partial charge in [0.05, 0.1) is 19.3 Å². The molecule has 1 fully saturated rings. The lowest BCUT2D eigenvalue weighted by Crippen LogP contribution is -2.43. The highest BCUT2D eigenvalue weighted by Crippen LogP contribution is 2.14. The Labute approximate surface area is 103 Å². The maximum Gasteiger partial charge on any atom is 0.311 e. The van der Waals surface area contributed by atoms with E-state index in [1.54, 1.807) is 0 Å². The summed E-state index contributed by atoms with van der Waals surface area (Å²) in [6.07, 6.45) is 0.643. The Balaban J connectivity index is 2.00. The molecular weight excluding hydrogens is 240 g/mol. The average molecular weight is 254 g/mol. The van der Waals surface area contributed by atoms with E-state index in [1.165, 1.54) is 0 Å². The molecule has 98 valence electrons. The van der Waals surface area contributed by atoms with E-state index in [0.29, 0.717) is 12.2 Å². The number of hydrogen-bond donors (Lipinski definition) is 3. The minimum absolute atomic E-state index is 0.0166. The monoisotopic (exact) mass is 254 g/mol. The molecule has 0 aromatic carbocycles. The maximum atomic E-state index is 11.8. The van der Waals surface area contributed by atoms with Gasteiger partial charge in [0.1, 0.15) is 11.7 Å². The van der Waals surface area contributed by atoms with Crippen molar-refractivity contribution in [2.24, 2.45) is 5.92 Å². The van der Waals surface area contributed by atoms with Crippen molar-refractivity contribution in [1.82, 2.24) is 20.5 Å². The first-order valence-electron chi connectivity index (χ1n) is 5.64. The fraction of sp³-hybridized carbons (Fsp3) is 0.600. The van der Waals surface area contributed by atoms with Crippen molar-refractivity contribution < 1.29 is 19.4 Å². The van der Waals surface area contributed by atoms with Crippen LogP contribution in [0, 0.1) is 5.92 Å². The van der Waals surface area contributed by atoms with E-state index in [0.717, 1.165) is 0 Å². The molecule has 3 N–H and O–H groups in total. The summed E-state index contributed by atoms with van der Waals surface area (Å²) in [4.78, 5) is 26.7. The van der Waals surface area contributed by atoms with Crippen LogP contribution in [0.3, 0.4) is 0 Å². The van der Waals surface area contributed by atoms with Crippen LogP contribution in [-0.2, 0) is 16.0 Å². The zero-order valence-corrected chi connectivity index (χ0v) is 9.84. The molecule has 1 aliphatic rings. The molecule has 1 aromatic heterocycles. The lowest BCUT2D eigenvalue weighted by atomic mass is 10.0. The van der Waals surface area contributed by atoms with E-state index in [-0.39, 0.29) is 19.0 Å². The number of aromatic amines is 1. The van der Waals surface area contributed by atoms with Crippen LogP contribution >= 0.6 is 0 Å². The molecule has 8 nitrogen and oxygen atoms in total. The molecule has 2 atom stereocenters. The topological polar surface area (TPSA) is 117 Å². The van der Waals surface area contributed by atoms with Crippen molar-refractivity contribution in [3.05, 3.63) is 11.6 Å². The number of hydrogen-bond acceptors (Lipinski definition) is 5. The van der Waals surface area contributed by atoms with Crippen LogP contribution in [0.25, 0.3) is 0 Å². The van der Waals surface area contributed by atoms with Gasteiger partial charge in [0, 0.05) is 6.42 Å². The number of carboxylic acid groups (broad SMARTS) is 1. The molecule has 0 radical (unpaired) electrons. The zero-order chi connectivity index (χ0) is 13.1. The van der Waals surface area contributed by atoms with Gasteiger partial charge in [-0.3, -0.25) is 14.7 Å². The fourth-order valence-electron chi connectivity index (χ4n) is 1.73. The molecule has 1 amide bonds. The van der Waals surface area contributed by atoms with E-state index in [2.05, 4.69) is 20.5 Å². The van der Waals surface area contributed by atoms with Gasteiger partial charge in [-0.1, -0.05) is 6.92 Å². The van der Waals surface area contributed by atoms with Gasteiger partial charge in [-0.25, -0.2) is 4.98 Å². The molecule has 2 heterocycles. The summed E-state index contributed by atoms with van der Waals surface area (Å²) in [6.45, 7) is 2.18. The van der Waals surface area contributed by atoms with E-state index in [4.69, 9.17) is 9.84 Å². The summed E-state index contributed by atoms with van der Waals surface area (Å²) < 4.78 is 5.05. The largest absolute Gasteiger partial charge is 0.481 e. The maximum absolute atomic E-state index is 11.8. The number of aliphatic carboxylic acids is 1. The smallest absolute Gasteiger partial charge is 0.311 e. The standard InChI is InChI=1S/C10H14N4O4/c1-2-7-12-8(14-13-7)9(15)11-6-4-18-3-5(6)10(16)17/h5-6H,2-4H2,1H3,(H,11,15)(H,16,17)(H,12,13,14). The van der Waals surface area contributed by atoms with Gasteiger partial charge in [0.15, 0.2) is 0 Å². The highest BCUT2D eigenvalue weighted by molar-refractivity contribution is 5.91. The molecule has 1 saturated heterocycles. The minimum atomic E-state index is -0.984. The van der Waals surface area contributed by atoms with Gasteiger partial charge in [-0.2, -0.15) is 0 Å². The van der Waals surface area contributed by atoms with Crippen LogP contribution in [0.2, 0.25) is 0 Å². The van der Waals surface area contributed by atoms with Crippen molar-refractivity contribution in [1.29, 1.82) is 0 Å². The summed E-state index contributed by atoms with van der Waals surface area (Å²) >= 11 is 0. The predicted molar refractivity (Wildman–Crippen MR) is 59.0 cm³/mol. The minimum Gasteiger partial charge on any atom is -0.481 e. The molecule has 0 bridgehead atoms. The van der Waals surface area contributed by atoms with Gasteiger partial charge >= 0.3 is 5.97 Å². The Morgan fingerprint density at radius 1 is 1.56 bits per heavy atom. The second kappa shape index (κ2) is 5.13. The second-order valence-corrected chi connectivity index (χ2v) is 4.02. The van der Waals surface area contributed by atoms with Crippen LogP contribution in [0.4, 0.5) is 0 Å². The third-order valence-electron chi connectivity index (χ3n) is 2.78. The molecule has 1 aliphatic heterocycles. The molecule has 0 aliphatic carbocycles. The first kappa shape index (κ1) is 12.5. The molecule has 18 heavy (non-hydrogen) atoms. The molecule has 1 aromatic rings. The number of rotatable bonds is 4. The van der Waals surface area contributed by atoms with Crippen LogP contribution in [-0.4, -0.2) is 51.4 Å². The van der Waals surface area contributed by atoms with Gasteiger partial charge in [0.2, 0.25) is 5.82 Å². The highest BCUT2D eigenvalue weighted by atomic mass is 16.5. The molecule has 8 heteroatoms. The Morgan fingerprint density at radius 3 is 2.94 bits per heavy atom. The van der Waals surface area contributed by atoms with E-state index in [1.807, 2.05) is 6.92 Å². The van der Waals surface area contributed by atoms with Crippen LogP contribution in [0.1, 0.15) is 23.4 Å². The quantitative estimate of drug-likeness (QED) is 0.647. The predicted octanol–water partition coefficient (Wildman–Crippen LogP) is -0.803. The summed E-state index contributed by atoms with van der Waals surface area (Å²) in [6, 6.07) is -0.543. The lowest BCUT2D eigenvalue weighted by molar-refractivity contribution is -0.142. The summed E-state index contributed by atoms with van der Waals surface area (Å²) in [5.41, 5.74) is 0. The van der Waals surface area contributed by atoms with Gasteiger partial charge in [-0.15, -0.1) is 5.10 Å². The fourth-order valence-corrected chi connectivity index (χ4v) is 1.73. The van der Waals surface area contributed by atoms with E-state index >= 15 is 0 Å². The van der Waals surface area contributed by atoms with Crippen LogP contribution < -0.4 is 5.32 Å². The number of amides is 1. The van der Waals surface area contributed by atoms with Crippen molar-refractivity contribution in [2.75, 3.05) is 13.2 Å². The van der Waals surface area contributed by atoms with Crippen LogP contribution in [0.15, 0.2) is 0 Å². The molecular formula is C10H14N4O4. The normalized spacial score (nSPS) is 22.9. The highest BCUT2D eigenvalue weighted by Gasteiger charge is 2.35. The van der Waals surface area contributed by atoms with Crippen molar-refractivity contribution in [2.45, 2.75) is 19.4 Å². The zero-order valence-electron chi connectivity index (χ0n) is 9.84. The third kappa shape index (κ3) is 2.48. The molecule has 0 saturated carbocycles. The number of ether oxygens (including phenoxy) is 1. The van der Waals surface area contributed by atoms with Crippen molar-refractivity contribution in [3.8, 4) is 0 Å². The summed E-state index contributed by atoms with van der Waals surface area (Å²) in [5, 5.41) is 17.9. The van der Waals surface area contributed by atoms with Gasteiger partial charge in [-0.05, 0) is 0 Å². The number of carbonyl (C=O) groups is 2. The number of nitrogens with zero attached hydrogens (tertiary/aromatic N) is 2. The Kier molecular flexibility index (Phi) is 3.56. The van der Waals surface area contributed by atoms with Gasteiger partial charge < -0.3 is 15.2 Å². The van der Waals surface area contributed by atoms with Gasteiger partial charge in [0.25, 0.3) is 5.91 Å². The molecule has 0 spiro atoms. The van der Waals surface area contributed by atoms with E-state index < -0.39 is 23.8 Å². The Morgan fingerprint density at radius 2 is 2.33 bits per heavy atom. The molecule has 2 unspecified atom stereocenters. The lowest BCUT2D eigenvalue weighted by Gasteiger charge is -2.14. The number of nitrogens with one attached hydrogen (secondary N) is 2. The first-order chi connectivity index (χ1) is 8.61. The summed E-state index contributed by atoms with van der Waals surface area (Å²) in [5.74, 6) is -1.58. The first-order valence-corrected chi connectivity index (χ1v) is 5.64. The number of aromatic nitrogens is 3. The second-order valence-electron chi connectivity index (χ2n) is 4.02. The summed E-state index contributed by atoms with van der Waals surface area (Å²) in [7, 11) is 0. The Hall–Kier alpha value is -1.96.